The third-order valence-corrected chi connectivity index (χ3v) is 2.25. The van der Waals surface area contributed by atoms with E-state index in [1.54, 1.807) is 30.3 Å². The number of carbonyl (C=O) groups is 1. The van der Waals surface area contributed by atoms with Gasteiger partial charge in [-0.1, -0.05) is 18.2 Å². The monoisotopic (exact) mass is 230 g/mol. The third-order valence-electron chi connectivity index (χ3n) is 2.25. The van der Waals surface area contributed by atoms with Gasteiger partial charge in [0.2, 0.25) is 0 Å². The van der Waals surface area contributed by atoms with Crippen LogP contribution < -0.4 is 5.56 Å². The fourth-order valence-corrected chi connectivity index (χ4v) is 1.45. The van der Waals surface area contributed by atoms with Crippen LogP contribution in [0.25, 0.3) is 5.69 Å². The molecule has 0 fully saturated rings. The lowest BCUT2D eigenvalue weighted by molar-refractivity contribution is 0.100. The normalized spacial score (nSPS) is 10.2. The third kappa shape index (κ3) is 2.08. The molecule has 1 heterocycles. The minimum atomic E-state index is -0.487. The minimum absolute atomic E-state index is 0.117. The number of rotatable bonds is 2. The number of benzene rings is 1. The second-order valence-corrected chi connectivity index (χ2v) is 3.52. The lowest BCUT2D eigenvalue weighted by atomic mass is 10.2. The Hall–Kier alpha value is -2.43. The van der Waals surface area contributed by atoms with E-state index in [4.69, 9.17) is 0 Å². The summed E-state index contributed by atoms with van der Waals surface area (Å²) in [5, 5.41) is 13.3. The minimum Gasteiger partial charge on any atom is -0.505 e. The number of para-hydroxylation sites is 1. The highest BCUT2D eigenvalue weighted by Crippen LogP contribution is 2.12. The molecule has 0 aliphatic rings. The van der Waals surface area contributed by atoms with Gasteiger partial charge in [0.1, 0.15) is 0 Å². The van der Waals surface area contributed by atoms with Crippen LogP contribution in [0, 0.1) is 0 Å². The standard InChI is InChI=1S/C12H10N2O3/c1-8(15)12-10(16)7-11(17)14(13-12)9-5-3-2-4-6-9/h2-7,16H,1H3. The van der Waals surface area contributed by atoms with Crippen LogP contribution in [0.3, 0.4) is 0 Å². The van der Waals surface area contributed by atoms with Crippen molar-refractivity contribution in [2.75, 3.05) is 0 Å². The van der Waals surface area contributed by atoms with Crippen molar-refractivity contribution in [3.8, 4) is 11.4 Å². The van der Waals surface area contributed by atoms with Crippen LogP contribution in [-0.2, 0) is 0 Å². The smallest absolute Gasteiger partial charge is 0.275 e. The summed E-state index contributed by atoms with van der Waals surface area (Å²) in [7, 11) is 0. The quantitative estimate of drug-likeness (QED) is 0.785. The first-order chi connectivity index (χ1) is 8.09. The molecule has 17 heavy (non-hydrogen) atoms. The first-order valence-electron chi connectivity index (χ1n) is 4.99. The second kappa shape index (κ2) is 4.21. The molecule has 0 radical (unpaired) electrons. The molecule has 0 bridgehead atoms. The second-order valence-electron chi connectivity index (χ2n) is 3.52. The summed E-state index contributed by atoms with van der Waals surface area (Å²) in [6, 6.07) is 9.68. The summed E-state index contributed by atoms with van der Waals surface area (Å²) in [5.74, 6) is -0.790. The molecule has 0 saturated carbocycles. The van der Waals surface area contributed by atoms with E-state index < -0.39 is 17.1 Å². The summed E-state index contributed by atoms with van der Waals surface area (Å²) in [4.78, 5) is 22.9. The molecule has 0 aliphatic heterocycles. The molecule has 5 nitrogen and oxygen atoms in total. The Morgan fingerprint density at radius 3 is 2.53 bits per heavy atom. The number of aromatic hydroxyl groups is 1. The van der Waals surface area contributed by atoms with E-state index >= 15 is 0 Å². The van der Waals surface area contributed by atoms with Gasteiger partial charge in [0.25, 0.3) is 5.56 Å². The van der Waals surface area contributed by atoms with Gasteiger partial charge in [0, 0.05) is 13.0 Å². The van der Waals surface area contributed by atoms with Gasteiger partial charge in [-0.2, -0.15) is 9.78 Å². The number of ketones is 1. The number of carbonyl (C=O) groups excluding carboxylic acids is 1. The Kier molecular flexibility index (Phi) is 2.74. The summed E-state index contributed by atoms with van der Waals surface area (Å²) in [5.41, 5.74) is -0.0628. The summed E-state index contributed by atoms with van der Waals surface area (Å²) in [6.07, 6.45) is 0. The number of nitrogens with zero attached hydrogens (tertiary/aromatic N) is 2. The molecule has 0 spiro atoms. The molecule has 86 valence electrons. The van der Waals surface area contributed by atoms with Gasteiger partial charge in [-0.3, -0.25) is 9.59 Å². The Morgan fingerprint density at radius 2 is 1.94 bits per heavy atom. The van der Waals surface area contributed by atoms with Gasteiger partial charge in [-0.15, -0.1) is 0 Å². The molecule has 5 heteroatoms. The Balaban J connectivity index is 2.67. The summed E-state index contributed by atoms with van der Waals surface area (Å²) >= 11 is 0. The Labute approximate surface area is 97.0 Å². The zero-order valence-corrected chi connectivity index (χ0v) is 9.12. The summed E-state index contributed by atoms with van der Waals surface area (Å²) < 4.78 is 1.08. The zero-order valence-electron chi connectivity index (χ0n) is 9.12. The largest absolute Gasteiger partial charge is 0.505 e. The van der Waals surface area contributed by atoms with Gasteiger partial charge >= 0.3 is 0 Å². The van der Waals surface area contributed by atoms with Crippen LogP contribution in [0.5, 0.6) is 5.75 Å². The highest BCUT2D eigenvalue weighted by molar-refractivity contribution is 5.94. The Morgan fingerprint density at radius 1 is 1.29 bits per heavy atom. The number of aromatic nitrogens is 2. The van der Waals surface area contributed by atoms with E-state index in [1.165, 1.54) is 6.92 Å². The van der Waals surface area contributed by atoms with Crippen LogP contribution in [0.1, 0.15) is 17.4 Å². The van der Waals surface area contributed by atoms with E-state index in [-0.39, 0.29) is 5.69 Å². The number of hydrogen-bond donors (Lipinski definition) is 1. The maximum atomic E-state index is 11.6. The highest BCUT2D eigenvalue weighted by atomic mass is 16.3. The first-order valence-corrected chi connectivity index (χ1v) is 4.99. The van der Waals surface area contributed by atoms with Crippen LogP contribution >= 0.6 is 0 Å². The van der Waals surface area contributed by atoms with Crippen molar-refractivity contribution < 1.29 is 9.90 Å². The van der Waals surface area contributed by atoms with Gasteiger partial charge < -0.3 is 5.11 Å². The average molecular weight is 230 g/mol. The van der Waals surface area contributed by atoms with Crippen LogP contribution in [0.2, 0.25) is 0 Å². The van der Waals surface area contributed by atoms with E-state index in [1.807, 2.05) is 0 Å². The lowest BCUT2D eigenvalue weighted by Gasteiger charge is -2.06. The molecular formula is C12H10N2O3. The van der Waals surface area contributed by atoms with Crippen molar-refractivity contribution in [2.45, 2.75) is 6.92 Å². The molecule has 1 aromatic heterocycles. The zero-order chi connectivity index (χ0) is 12.4. The SMILES string of the molecule is CC(=O)c1nn(-c2ccccc2)c(=O)cc1O. The van der Waals surface area contributed by atoms with Crippen molar-refractivity contribution >= 4 is 5.78 Å². The first kappa shape index (κ1) is 11.1. The van der Waals surface area contributed by atoms with Gasteiger partial charge in [-0.05, 0) is 12.1 Å². The molecular weight excluding hydrogens is 220 g/mol. The van der Waals surface area contributed by atoms with E-state index in [9.17, 15) is 14.7 Å². The topological polar surface area (TPSA) is 72.2 Å². The molecule has 0 unspecified atom stereocenters. The number of hydrogen-bond acceptors (Lipinski definition) is 4. The van der Waals surface area contributed by atoms with Crippen LogP contribution in [-0.4, -0.2) is 20.7 Å². The van der Waals surface area contributed by atoms with Gasteiger partial charge in [0.05, 0.1) is 5.69 Å². The van der Waals surface area contributed by atoms with Crippen LogP contribution in [0.15, 0.2) is 41.2 Å². The number of Topliss-reactive ketones (excluding diaryl/α,β-unsaturated/α-hetero) is 1. The predicted octanol–water partition coefficient (Wildman–Crippen LogP) is 1.14. The van der Waals surface area contributed by atoms with Gasteiger partial charge in [0.15, 0.2) is 17.2 Å². The van der Waals surface area contributed by atoms with E-state index in [2.05, 4.69) is 5.10 Å². The molecule has 1 aromatic carbocycles. The van der Waals surface area contributed by atoms with Crippen molar-refractivity contribution in [2.24, 2.45) is 0 Å². The van der Waals surface area contributed by atoms with Crippen molar-refractivity contribution in [1.29, 1.82) is 0 Å². The van der Waals surface area contributed by atoms with E-state index in [0.717, 1.165) is 10.7 Å². The van der Waals surface area contributed by atoms with Crippen molar-refractivity contribution in [1.82, 2.24) is 9.78 Å². The van der Waals surface area contributed by atoms with Crippen molar-refractivity contribution in [3.05, 3.63) is 52.4 Å². The molecule has 0 aliphatic carbocycles. The molecule has 0 saturated heterocycles. The molecule has 1 N–H and O–H groups in total. The Bertz CT molecular complexity index is 617. The summed E-state index contributed by atoms with van der Waals surface area (Å²) in [6.45, 7) is 1.28. The molecule has 2 aromatic rings. The fraction of sp³-hybridized carbons (Fsp3) is 0.0833. The maximum absolute atomic E-state index is 11.6. The predicted molar refractivity (Wildman–Crippen MR) is 61.5 cm³/mol. The molecule has 0 atom stereocenters. The fourth-order valence-electron chi connectivity index (χ4n) is 1.45. The highest BCUT2D eigenvalue weighted by Gasteiger charge is 2.12. The molecule has 0 amide bonds. The average Bonchev–Trinajstić information content (AvgIpc) is 2.29. The van der Waals surface area contributed by atoms with Crippen molar-refractivity contribution in [3.63, 3.8) is 0 Å². The lowest BCUT2D eigenvalue weighted by Crippen LogP contribution is -2.22. The molecule has 2 rings (SSSR count). The van der Waals surface area contributed by atoms with Crippen LogP contribution in [0.4, 0.5) is 0 Å². The maximum Gasteiger partial charge on any atom is 0.275 e. The van der Waals surface area contributed by atoms with E-state index in [0.29, 0.717) is 5.69 Å². The van der Waals surface area contributed by atoms with Gasteiger partial charge in [-0.25, -0.2) is 0 Å².